The first-order valence-electron chi connectivity index (χ1n) is 6.10. The first kappa shape index (κ1) is 13.0. The molecule has 0 aromatic rings. The number of hydrogen-bond acceptors (Lipinski definition) is 1. The number of allylic oxidation sites excluding steroid dienone is 3. The normalized spacial score (nSPS) is 24.1. The lowest BCUT2D eigenvalue weighted by atomic mass is 9.94. The summed E-state index contributed by atoms with van der Waals surface area (Å²) in [5.41, 5.74) is 1.10. The van der Waals surface area contributed by atoms with Crippen LogP contribution in [-0.4, -0.2) is 17.5 Å². The lowest BCUT2D eigenvalue weighted by molar-refractivity contribution is 0.245. The van der Waals surface area contributed by atoms with Crippen LogP contribution in [0.1, 0.15) is 33.6 Å². The number of nitrogens with zero attached hydrogens (tertiary/aromatic N) is 1. The number of halogens is 1. The maximum absolute atomic E-state index is 13.3. The highest BCUT2D eigenvalue weighted by Gasteiger charge is 2.23. The third-order valence-electron chi connectivity index (χ3n) is 3.07. The van der Waals surface area contributed by atoms with E-state index in [2.05, 4.69) is 32.3 Å². The van der Waals surface area contributed by atoms with E-state index < -0.39 is 0 Å². The zero-order valence-electron chi connectivity index (χ0n) is 10.5. The minimum Gasteiger partial charge on any atom is -0.368 e. The molecule has 0 radical (unpaired) electrons. The maximum atomic E-state index is 13.3. The van der Waals surface area contributed by atoms with Crippen LogP contribution in [0.5, 0.6) is 0 Å². The Kier molecular flexibility index (Phi) is 4.78. The molecule has 2 heteroatoms. The van der Waals surface area contributed by atoms with Crippen LogP contribution >= 0.6 is 0 Å². The summed E-state index contributed by atoms with van der Waals surface area (Å²) < 4.78 is 13.3. The van der Waals surface area contributed by atoms with Crippen LogP contribution in [0.3, 0.4) is 0 Å². The second kappa shape index (κ2) is 5.88. The first-order valence-corrected chi connectivity index (χ1v) is 6.10. The topological polar surface area (TPSA) is 3.24 Å². The first-order chi connectivity index (χ1) is 7.60. The van der Waals surface area contributed by atoms with Crippen molar-refractivity contribution in [2.75, 3.05) is 6.54 Å². The van der Waals surface area contributed by atoms with E-state index in [4.69, 9.17) is 0 Å². The highest BCUT2D eigenvalue weighted by atomic mass is 19.1. The van der Waals surface area contributed by atoms with Crippen molar-refractivity contribution >= 4 is 0 Å². The Morgan fingerprint density at radius 1 is 1.50 bits per heavy atom. The summed E-state index contributed by atoms with van der Waals surface area (Å²) in [6, 6.07) is 0.123. The van der Waals surface area contributed by atoms with Gasteiger partial charge in [-0.15, -0.1) is 0 Å². The van der Waals surface area contributed by atoms with Crippen molar-refractivity contribution in [3.8, 4) is 0 Å². The predicted octanol–water partition coefficient (Wildman–Crippen LogP) is 4.05. The van der Waals surface area contributed by atoms with Crippen molar-refractivity contribution in [3.05, 3.63) is 36.3 Å². The van der Waals surface area contributed by atoms with Gasteiger partial charge in [-0.25, -0.2) is 4.39 Å². The molecule has 0 aliphatic heterocycles. The molecule has 0 aromatic carbocycles. The molecule has 0 amide bonds. The molecule has 0 saturated carbocycles. The third-order valence-corrected chi connectivity index (χ3v) is 3.07. The summed E-state index contributed by atoms with van der Waals surface area (Å²) in [6.07, 6.45) is 7.18. The van der Waals surface area contributed by atoms with E-state index >= 15 is 0 Å². The van der Waals surface area contributed by atoms with E-state index in [-0.39, 0.29) is 11.9 Å². The van der Waals surface area contributed by atoms with Crippen molar-refractivity contribution in [1.82, 2.24) is 4.90 Å². The maximum Gasteiger partial charge on any atom is 0.120 e. The lowest BCUT2D eigenvalue weighted by Crippen LogP contribution is -2.38. The van der Waals surface area contributed by atoms with Gasteiger partial charge in [0.05, 0.1) is 6.04 Å². The second-order valence-corrected chi connectivity index (χ2v) is 4.37. The quantitative estimate of drug-likeness (QED) is 0.679. The van der Waals surface area contributed by atoms with Crippen LogP contribution in [-0.2, 0) is 0 Å². The SMILES string of the molecule is C=C(CC)N(CCC)C1C=C(F)C=CC1C. The molecule has 2 unspecified atom stereocenters. The molecule has 1 aliphatic carbocycles. The van der Waals surface area contributed by atoms with Crippen molar-refractivity contribution in [3.63, 3.8) is 0 Å². The second-order valence-electron chi connectivity index (χ2n) is 4.37. The molecular weight excluding hydrogens is 201 g/mol. The van der Waals surface area contributed by atoms with Gasteiger partial charge in [0, 0.05) is 12.2 Å². The minimum absolute atomic E-state index is 0.123. The highest BCUT2D eigenvalue weighted by Crippen LogP contribution is 2.25. The van der Waals surface area contributed by atoms with Crippen LogP contribution in [0, 0.1) is 5.92 Å². The lowest BCUT2D eigenvalue weighted by Gasteiger charge is -2.36. The van der Waals surface area contributed by atoms with Gasteiger partial charge in [-0.05, 0) is 30.9 Å². The smallest absolute Gasteiger partial charge is 0.120 e. The predicted molar refractivity (Wildman–Crippen MR) is 67.7 cm³/mol. The monoisotopic (exact) mass is 223 g/mol. The van der Waals surface area contributed by atoms with E-state index in [1.807, 2.05) is 6.08 Å². The molecule has 0 spiro atoms. The molecule has 0 bridgehead atoms. The van der Waals surface area contributed by atoms with Gasteiger partial charge in [0.2, 0.25) is 0 Å². The van der Waals surface area contributed by atoms with Crippen molar-refractivity contribution in [2.45, 2.75) is 39.7 Å². The number of rotatable bonds is 5. The Morgan fingerprint density at radius 3 is 2.75 bits per heavy atom. The van der Waals surface area contributed by atoms with Gasteiger partial charge in [0.15, 0.2) is 0 Å². The molecule has 1 aliphatic rings. The Bertz CT molecular complexity index is 304. The summed E-state index contributed by atoms with van der Waals surface area (Å²) in [7, 11) is 0. The molecule has 90 valence electrons. The Morgan fingerprint density at radius 2 is 2.19 bits per heavy atom. The van der Waals surface area contributed by atoms with E-state index in [0.717, 1.165) is 25.1 Å². The van der Waals surface area contributed by atoms with Gasteiger partial charge in [-0.3, -0.25) is 0 Å². The van der Waals surface area contributed by atoms with Crippen molar-refractivity contribution < 1.29 is 4.39 Å². The average molecular weight is 223 g/mol. The summed E-state index contributed by atoms with van der Waals surface area (Å²) in [5, 5.41) is 0. The summed E-state index contributed by atoms with van der Waals surface area (Å²) in [4.78, 5) is 2.23. The number of hydrogen-bond donors (Lipinski definition) is 0. The highest BCUT2D eigenvalue weighted by molar-refractivity contribution is 5.23. The van der Waals surface area contributed by atoms with E-state index in [1.165, 1.54) is 0 Å². The van der Waals surface area contributed by atoms with Gasteiger partial charge in [0.25, 0.3) is 0 Å². The van der Waals surface area contributed by atoms with E-state index in [0.29, 0.717) is 5.92 Å². The molecule has 16 heavy (non-hydrogen) atoms. The van der Waals surface area contributed by atoms with E-state index in [1.54, 1.807) is 12.2 Å². The summed E-state index contributed by atoms with van der Waals surface area (Å²) in [6.45, 7) is 11.4. The van der Waals surface area contributed by atoms with E-state index in [9.17, 15) is 4.39 Å². The van der Waals surface area contributed by atoms with Crippen molar-refractivity contribution in [1.29, 1.82) is 0 Å². The van der Waals surface area contributed by atoms with Crippen LogP contribution in [0.15, 0.2) is 36.3 Å². The minimum atomic E-state index is -0.131. The molecule has 0 heterocycles. The molecular formula is C14H22FN. The fourth-order valence-electron chi connectivity index (χ4n) is 2.06. The van der Waals surface area contributed by atoms with Gasteiger partial charge in [0.1, 0.15) is 5.83 Å². The largest absolute Gasteiger partial charge is 0.368 e. The van der Waals surface area contributed by atoms with Gasteiger partial charge in [-0.2, -0.15) is 0 Å². The van der Waals surface area contributed by atoms with Gasteiger partial charge < -0.3 is 4.90 Å². The zero-order valence-corrected chi connectivity index (χ0v) is 10.5. The molecule has 1 rings (SSSR count). The molecule has 0 aromatic heterocycles. The molecule has 0 saturated heterocycles. The Hall–Kier alpha value is -1.05. The molecule has 2 atom stereocenters. The summed E-state index contributed by atoms with van der Waals surface area (Å²) in [5.74, 6) is 0.211. The van der Waals surface area contributed by atoms with Gasteiger partial charge in [-0.1, -0.05) is 33.4 Å². The van der Waals surface area contributed by atoms with Crippen LogP contribution in [0.25, 0.3) is 0 Å². The standard InChI is InChI=1S/C14H22FN/c1-5-9-16(12(4)6-2)14-10-13(15)8-7-11(14)3/h7-8,10-11,14H,4-6,9H2,1-3H3. The molecule has 0 fully saturated rings. The summed E-state index contributed by atoms with van der Waals surface area (Å²) >= 11 is 0. The Balaban J connectivity index is 2.85. The van der Waals surface area contributed by atoms with Crippen LogP contribution in [0.2, 0.25) is 0 Å². The zero-order chi connectivity index (χ0) is 12.1. The van der Waals surface area contributed by atoms with Crippen LogP contribution in [0.4, 0.5) is 4.39 Å². The fraction of sp³-hybridized carbons (Fsp3) is 0.571. The fourth-order valence-corrected chi connectivity index (χ4v) is 2.06. The average Bonchev–Trinajstić information content (AvgIpc) is 2.28. The molecule has 0 N–H and O–H groups in total. The Labute approximate surface area is 98.3 Å². The molecule has 1 nitrogen and oxygen atoms in total. The van der Waals surface area contributed by atoms with Crippen molar-refractivity contribution in [2.24, 2.45) is 5.92 Å². The van der Waals surface area contributed by atoms with Gasteiger partial charge >= 0.3 is 0 Å². The van der Waals surface area contributed by atoms with Crippen LogP contribution < -0.4 is 0 Å². The third kappa shape index (κ3) is 2.97.